The fourth-order valence-corrected chi connectivity index (χ4v) is 3.80. The third kappa shape index (κ3) is 5.77. The number of hydrogen-bond acceptors (Lipinski definition) is 4. The maximum Gasteiger partial charge on any atom is 0.335 e. The number of benzene rings is 3. The molecule has 0 aliphatic heterocycles. The number of fused-ring (bicyclic) bond motifs is 1. The molecule has 0 aliphatic rings. The Kier molecular flexibility index (Phi) is 7.03. The van der Waals surface area contributed by atoms with Crippen molar-refractivity contribution >= 4 is 40.2 Å². The monoisotopic (exact) mass is 458 g/mol. The van der Waals surface area contributed by atoms with Gasteiger partial charge in [-0.25, -0.2) is 9.78 Å². The second kappa shape index (κ2) is 10.3. The molecule has 5 nitrogen and oxygen atoms in total. The van der Waals surface area contributed by atoms with Crippen LogP contribution in [0.25, 0.3) is 17.0 Å². The molecule has 3 N–H and O–H groups in total. The van der Waals surface area contributed by atoms with Gasteiger partial charge in [0, 0.05) is 16.1 Å². The Morgan fingerprint density at radius 1 is 1.00 bits per heavy atom. The maximum absolute atomic E-state index is 11.4. The van der Waals surface area contributed by atoms with Crippen LogP contribution in [0.5, 0.6) is 0 Å². The van der Waals surface area contributed by atoms with Gasteiger partial charge >= 0.3 is 5.97 Å². The highest BCUT2D eigenvalue weighted by Gasteiger charge is 2.27. The van der Waals surface area contributed by atoms with Crippen molar-refractivity contribution in [1.29, 1.82) is 0 Å². The first-order valence-electron chi connectivity index (χ1n) is 10.5. The Labute approximate surface area is 197 Å². The van der Waals surface area contributed by atoms with Gasteiger partial charge in [0.25, 0.3) is 0 Å². The minimum Gasteiger partial charge on any atom is -0.479 e. The zero-order chi connectivity index (χ0) is 23.2. The summed E-state index contributed by atoms with van der Waals surface area (Å²) in [6.07, 6.45) is 3.07. The number of carboxylic acid groups (broad SMARTS) is 1. The Morgan fingerprint density at radius 3 is 2.58 bits per heavy atom. The van der Waals surface area contributed by atoms with E-state index in [9.17, 15) is 15.0 Å². The van der Waals surface area contributed by atoms with Crippen molar-refractivity contribution in [1.82, 2.24) is 4.98 Å². The molecule has 6 heteroatoms. The lowest BCUT2D eigenvalue weighted by molar-refractivity contribution is -0.147. The SMILES string of the molecule is O=C(O)[C@@H](O)[C@@H](Nc1cccc(C/C=C/c2ccc3ccc(Cl)cc3n2)c1)c1ccccc1. The van der Waals surface area contributed by atoms with Crippen LogP contribution in [0, 0.1) is 0 Å². The van der Waals surface area contributed by atoms with Gasteiger partial charge in [0.05, 0.1) is 17.3 Å². The standard InChI is InChI=1S/C27H23ClN2O3/c28-21-14-12-19-13-15-22(29-24(19)17-21)10-4-6-18-7-5-11-23(16-18)30-25(26(31)27(32)33)20-8-2-1-3-9-20/h1-5,7-17,25-26,30-31H,6H2,(H,32,33)/b10-4+/t25-,26-/m0/s1. The van der Waals surface area contributed by atoms with Gasteiger partial charge in [-0.1, -0.05) is 72.3 Å². The average molecular weight is 459 g/mol. The quantitative estimate of drug-likeness (QED) is 0.313. The molecule has 0 saturated heterocycles. The first-order chi connectivity index (χ1) is 16.0. The third-order valence-corrected chi connectivity index (χ3v) is 5.53. The highest BCUT2D eigenvalue weighted by atomic mass is 35.5. The molecule has 0 aliphatic carbocycles. The highest BCUT2D eigenvalue weighted by Crippen LogP contribution is 2.24. The van der Waals surface area contributed by atoms with E-state index >= 15 is 0 Å². The van der Waals surface area contributed by atoms with Crippen molar-refractivity contribution in [2.45, 2.75) is 18.6 Å². The van der Waals surface area contributed by atoms with E-state index in [1.807, 2.05) is 84.9 Å². The number of aliphatic hydroxyl groups excluding tert-OH is 1. The zero-order valence-electron chi connectivity index (χ0n) is 17.7. The van der Waals surface area contributed by atoms with Crippen molar-refractivity contribution in [2.75, 3.05) is 5.32 Å². The van der Waals surface area contributed by atoms with Crippen molar-refractivity contribution in [2.24, 2.45) is 0 Å². The summed E-state index contributed by atoms with van der Waals surface area (Å²) in [4.78, 5) is 16.1. The summed E-state index contributed by atoms with van der Waals surface area (Å²) in [7, 11) is 0. The smallest absolute Gasteiger partial charge is 0.335 e. The number of halogens is 1. The summed E-state index contributed by atoms with van der Waals surface area (Å²) < 4.78 is 0. The number of nitrogens with zero attached hydrogens (tertiary/aromatic N) is 1. The number of carbonyl (C=O) groups is 1. The molecule has 2 atom stereocenters. The van der Waals surface area contributed by atoms with Gasteiger partial charge in [-0.05, 0) is 54.0 Å². The molecule has 0 bridgehead atoms. The highest BCUT2D eigenvalue weighted by molar-refractivity contribution is 6.31. The summed E-state index contributed by atoms with van der Waals surface area (Å²) in [5.74, 6) is -1.28. The van der Waals surface area contributed by atoms with Gasteiger partial charge in [-0.3, -0.25) is 0 Å². The summed E-state index contributed by atoms with van der Waals surface area (Å²) in [6.45, 7) is 0. The first-order valence-corrected chi connectivity index (χ1v) is 10.9. The van der Waals surface area contributed by atoms with Crippen LogP contribution in [-0.4, -0.2) is 27.3 Å². The molecule has 4 rings (SSSR count). The van der Waals surface area contributed by atoms with Crippen LogP contribution < -0.4 is 5.32 Å². The van der Waals surface area contributed by atoms with Gasteiger partial charge in [-0.2, -0.15) is 0 Å². The van der Waals surface area contributed by atoms with Crippen molar-refractivity contribution < 1.29 is 15.0 Å². The number of aliphatic carboxylic acids is 1. The molecule has 166 valence electrons. The second-order valence-corrected chi connectivity index (χ2v) is 8.13. The maximum atomic E-state index is 11.4. The fourth-order valence-electron chi connectivity index (χ4n) is 3.63. The molecule has 0 saturated carbocycles. The van der Waals surface area contributed by atoms with Crippen LogP contribution >= 0.6 is 11.6 Å². The molecular weight excluding hydrogens is 436 g/mol. The average Bonchev–Trinajstić information content (AvgIpc) is 2.82. The fraction of sp³-hybridized carbons (Fsp3) is 0.111. The van der Waals surface area contributed by atoms with E-state index in [2.05, 4.69) is 10.3 Å². The van der Waals surface area contributed by atoms with Crippen LogP contribution in [-0.2, 0) is 11.2 Å². The molecule has 0 spiro atoms. The Morgan fingerprint density at radius 2 is 1.79 bits per heavy atom. The first kappa shape index (κ1) is 22.5. The van der Waals surface area contributed by atoms with Gasteiger partial charge in [0.15, 0.2) is 6.10 Å². The molecule has 0 fully saturated rings. The lowest BCUT2D eigenvalue weighted by atomic mass is 10.0. The largest absolute Gasteiger partial charge is 0.479 e. The van der Waals surface area contributed by atoms with Crippen LogP contribution in [0.2, 0.25) is 5.02 Å². The summed E-state index contributed by atoms with van der Waals surface area (Å²) in [5.41, 5.74) is 4.15. The number of carboxylic acids is 1. The Hall–Kier alpha value is -3.67. The molecule has 3 aromatic carbocycles. The lowest BCUT2D eigenvalue weighted by Gasteiger charge is -2.23. The molecular formula is C27H23ClN2O3. The van der Waals surface area contributed by atoms with Gasteiger partial charge < -0.3 is 15.5 Å². The zero-order valence-corrected chi connectivity index (χ0v) is 18.5. The molecule has 4 aromatic rings. The normalized spacial score (nSPS) is 13.2. The van der Waals surface area contributed by atoms with E-state index in [4.69, 9.17) is 11.6 Å². The minimum atomic E-state index is -1.58. The molecule has 0 unspecified atom stereocenters. The number of rotatable bonds is 8. The second-order valence-electron chi connectivity index (χ2n) is 7.70. The number of nitrogens with one attached hydrogen (secondary N) is 1. The third-order valence-electron chi connectivity index (χ3n) is 5.29. The number of anilines is 1. The van der Waals surface area contributed by atoms with Crippen molar-refractivity contribution in [3.63, 3.8) is 0 Å². The van der Waals surface area contributed by atoms with Crippen molar-refractivity contribution in [3.8, 4) is 0 Å². The van der Waals surface area contributed by atoms with Crippen LogP contribution in [0.4, 0.5) is 5.69 Å². The Balaban J connectivity index is 1.48. The van der Waals surface area contributed by atoms with Crippen LogP contribution in [0.3, 0.4) is 0 Å². The van der Waals surface area contributed by atoms with Crippen LogP contribution in [0.1, 0.15) is 22.9 Å². The number of aliphatic hydroxyl groups is 1. The van der Waals surface area contributed by atoms with Gasteiger partial charge in [-0.15, -0.1) is 0 Å². The topological polar surface area (TPSA) is 82.5 Å². The summed E-state index contributed by atoms with van der Waals surface area (Å²) in [5, 5.41) is 24.4. The molecule has 1 aromatic heterocycles. The number of pyridine rings is 1. The van der Waals surface area contributed by atoms with E-state index in [-0.39, 0.29) is 0 Å². The predicted molar refractivity (Wildman–Crippen MR) is 132 cm³/mol. The molecule has 33 heavy (non-hydrogen) atoms. The van der Waals surface area contributed by atoms with Crippen LogP contribution in [0.15, 0.2) is 91.0 Å². The minimum absolute atomic E-state index is 0.655. The number of allylic oxidation sites excluding steroid dienone is 1. The van der Waals surface area contributed by atoms with E-state index in [0.717, 1.165) is 27.8 Å². The molecule has 0 amide bonds. The van der Waals surface area contributed by atoms with E-state index in [1.165, 1.54) is 0 Å². The number of hydrogen-bond donors (Lipinski definition) is 3. The Bertz CT molecular complexity index is 1290. The van der Waals surface area contributed by atoms with Gasteiger partial charge in [0.2, 0.25) is 0 Å². The lowest BCUT2D eigenvalue weighted by Crippen LogP contribution is -2.32. The summed E-state index contributed by atoms with van der Waals surface area (Å²) >= 11 is 6.07. The predicted octanol–water partition coefficient (Wildman–Crippen LogP) is 5.74. The summed E-state index contributed by atoms with van der Waals surface area (Å²) in [6, 6.07) is 25.6. The van der Waals surface area contributed by atoms with E-state index in [1.54, 1.807) is 12.1 Å². The molecule has 0 radical (unpaired) electrons. The number of aromatic nitrogens is 1. The van der Waals surface area contributed by atoms with Gasteiger partial charge in [0.1, 0.15) is 0 Å². The van der Waals surface area contributed by atoms with E-state index in [0.29, 0.717) is 17.0 Å². The van der Waals surface area contributed by atoms with E-state index < -0.39 is 18.1 Å². The molecule has 1 heterocycles. The van der Waals surface area contributed by atoms with Crippen molar-refractivity contribution in [3.05, 3.63) is 113 Å².